The lowest BCUT2D eigenvalue weighted by Gasteiger charge is -2.24. The quantitative estimate of drug-likeness (QED) is 0.316. The number of hydrogen-bond acceptors (Lipinski definition) is 7. The van der Waals surface area contributed by atoms with Crippen LogP contribution in [0.15, 0.2) is 80.1 Å². The van der Waals surface area contributed by atoms with Gasteiger partial charge in [-0.1, -0.05) is 41.1 Å². The highest BCUT2D eigenvalue weighted by Crippen LogP contribution is 2.32. The Kier molecular flexibility index (Phi) is 7.10. The number of thiazole rings is 1. The Morgan fingerprint density at radius 3 is 2.63 bits per heavy atom. The second-order valence-corrected chi connectivity index (χ2v) is 10.2. The van der Waals surface area contributed by atoms with E-state index in [0.29, 0.717) is 42.9 Å². The first-order valence-electron chi connectivity index (χ1n) is 12.0. The maximum atomic E-state index is 13.8. The molecule has 0 radical (unpaired) electrons. The number of halogens is 1. The van der Waals surface area contributed by atoms with Gasteiger partial charge in [-0.2, -0.15) is 0 Å². The Bertz CT molecular complexity index is 1740. The maximum Gasteiger partial charge on any atom is 0.338 e. The van der Waals surface area contributed by atoms with Crippen molar-refractivity contribution in [3.05, 3.63) is 107 Å². The molecule has 5 rings (SSSR count). The topological polar surface area (TPSA) is 83.0 Å². The zero-order valence-corrected chi connectivity index (χ0v) is 22.9. The lowest BCUT2D eigenvalue weighted by atomic mass is 9.96. The summed E-state index contributed by atoms with van der Waals surface area (Å²) in [5.74, 6) is 1.34. The largest absolute Gasteiger partial charge is 0.497 e. The number of methoxy groups -OCH3 is 1. The average molecular weight is 549 g/mol. The number of rotatable bonds is 6. The molecule has 1 unspecified atom stereocenters. The molecule has 1 aliphatic rings. The van der Waals surface area contributed by atoms with Crippen molar-refractivity contribution in [3.63, 3.8) is 0 Å². The second kappa shape index (κ2) is 10.5. The Morgan fingerprint density at radius 2 is 1.92 bits per heavy atom. The standard InChI is InChI=1S/C29H25ClN2O5S/c1-5-36-28(34)25-17(3)31-29-32(26(25)18-7-10-20(35-4)11-8-18)27(33)24(38-29)15-21-12-13-23(37-21)22-14-19(30)9-6-16(22)2/h6-15,26H,5H2,1-4H3/b24-15+. The fraction of sp³-hybridized carbons (Fsp3) is 0.207. The molecule has 3 heterocycles. The summed E-state index contributed by atoms with van der Waals surface area (Å²) in [6.45, 7) is 5.69. The molecule has 0 fully saturated rings. The van der Waals surface area contributed by atoms with Gasteiger partial charge in [0.25, 0.3) is 5.56 Å². The van der Waals surface area contributed by atoms with Gasteiger partial charge in [-0.05, 0) is 68.3 Å². The van der Waals surface area contributed by atoms with E-state index in [4.69, 9.17) is 25.5 Å². The third kappa shape index (κ3) is 4.73. The van der Waals surface area contributed by atoms with Crippen LogP contribution >= 0.6 is 22.9 Å². The number of carbonyl (C=O) groups is 1. The summed E-state index contributed by atoms with van der Waals surface area (Å²) in [7, 11) is 1.58. The molecule has 0 N–H and O–H groups in total. The number of carbonyl (C=O) groups excluding carboxylic acids is 1. The van der Waals surface area contributed by atoms with Crippen molar-refractivity contribution in [2.24, 2.45) is 4.99 Å². The molecule has 1 atom stereocenters. The van der Waals surface area contributed by atoms with E-state index in [1.54, 1.807) is 43.7 Å². The summed E-state index contributed by atoms with van der Waals surface area (Å²) in [5.41, 5.74) is 3.21. The molecular weight excluding hydrogens is 524 g/mol. The summed E-state index contributed by atoms with van der Waals surface area (Å²) >= 11 is 7.42. The van der Waals surface area contributed by atoms with Gasteiger partial charge in [0.2, 0.25) is 0 Å². The minimum atomic E-state index is -0.695. The summed E-state index contributed by atoms with van der Waals surface area (Å²) in [4.78, 5) is 31.9. The van der Waals surface area contributed by atoms with Gasteiger partial charge in [0.05, 0.1) is 35.6 Å². The van der Waals surface area contributed by atoms with Gasteiger partial charge in [0.1, 0.15) is 17.3 Å². The highest BCUT2D eigenvalue weighted by molar-refractivity contribution is 7.07. The minimum Gasteiger partial charge on any atom is -0.497 e. The van der Waals surface area contributed by atoms with Crippen LogP contribution in [-0.4, -0.2) is 24.3 Å². The molecule has 4 aromatic rings. The van der Waals surface area contributed by atoms with Crippen LogP contribution in [0.1, 0.15) is 36.8 Å². The number of aryl methyl sites for hydroxylation is 1. The van der Waals surface area contributed by atoms with Crippen molar-refractivity contribution in [1.82, 2.24) is 4.57 Å². The van der Waals surface area contributed by atoms with Crippen LogP contribution in [0.25, 0.3) is 17.4 Å². The second-order valence-electron chi connectivity index (χ2n) is 8.74. The number of aromatic nitrogens is 1. The average Bonchev–Trinajstić information content (AvgIpc) is 3.49. The number of nitrogens with zero attached hydrogens (tertiary/aromatic N) is 2. The van der Waals surface area contributed by atoms with Crippen LogP contribution in [0, 0.1) is 6.92 Å². The summed E-state index contributed by atoms with van der Waals surface area (Å²) in [6.07, 6.45) is 1.70. The number of benzene rings is 2. The normalized spacial score (nSPS) is 15.3. The fourth-order valence-electron chi connectivity index (χ4n) is 4.46. The first kappa shape index (κ1) is 25.8. The van der Waals surface area contributed by atoms with Gasteiger partial charge in [-0.25, -0.2) is 9.79 Å². The molecular formula is C29H25ClN2O5S. The SMILES string of the molecule is CCOC(=O)C1=C(C)N=c2s/c(=C/c3ccc(-c4cc(Cl)ccc4C)o3)c(=O)n2C1c1ccc(OC)cc1. The highest BCUT2D eigenvalue weighted by Gasteiger charge is 2.33. The van der Waals surface area contributed by atoms with Gasteiger partial charge < -0.3 is 13.9 Å². The lowest BCUT2D eigenvalue weighted by Crippen LogP contribution is -2.39. The maximum absolute atomic E-state index is 13.8. The van der Waals surface area contributed by atoms with Crippen molar-refractivity contribution in [1.29, 1.82) is 0 Å². The summed E-state index contributed by atoms with van der Waals surface area (Å²) in [6, 6.07) is 15.8. The zero-order valence-electron chi connectivity index (χ0n) is 21.3. The van der Waals surface area contributed by atoms with E-state index in [1.807, 2.05) is 49.4 Å². The molecule has 0 bridgehead atoms. The molecule has 2 aromatic carbocycles. The highest BCUT2D eigenvalue weighted by atomic mass is 35.5. The number of allylic oxidation sites excluding steroid dienone is 1. The molecule has 9 heteroatoms. The molecule has 1 aliphatic heterocycles. The number of furan rings is 1. The van der Waals surface area contributed by atoms with Gasteiger partial charge in [-0.3, -0.25) is 9.36 Å². The van der Waals surface area contributed by atoms with Crippen molar-refractivity contribution < 1.29 is 18.7 Å². The zero-order chi connectivity index (χ0) is 27.0. The van der Waals surface area contributed by atoms with Gasteiger partial charge >= 0.3 is 5.97 Å². The molecule has 0 aliphatic carbocycles. The number of fused-ring (bicyclic) bond motifs is 1. The summed E-state index contributed by atoms with van der Waals surface area (Å²) in [5, 5.41) is 0.614. The number of esters is 1. The van der Waals surface area contributed by atoms with E-state index in [-0.39, 0.29) is 12.2 Å². The Balaban J connectivity index is 1.64. The Labute approximate surface area is 227 Å². The molecule has 194 valence electrons. The van der Waals surface area contributed by atoms with E-state index < -0.39 is 12.0 Å². The van der Waals surface area contributed by atoms with Crippen LogP contribution in [0.5, 0.6) is 5.75 Å². The van der Waals surface area contributed by atoms with E-state index in [1.165, 1.54) is 11.3 Å². The molecule has 0 saturated carbocycles. The van der Waals surface area contributed by atoms with Crippen molar-refractivity contribution >= 4 is 35.0 Å². The first-order valence-corrected chi connectivity index (χ1v) is 13.2. The third-order valence-corrected chi connectivity index (χ3v) is 7.53. The van der Waals surface area contributed by atoms with Crippen LogP contribution in [0.3, 0.4) is 0 Å². The number of hydrogen-bond donors (Lipinski definition) is 0. The van der Waals surface area contributed by atoms with Crippen molar-refractivity contribution in [2.45, 2.75) is 26.8 Å². The third-order valence-electron chi connectivity index (χ3n) is 6.31. The van der Waals surface area contributed by atoms with Crippen molar-refractivity contribution in [2.75, 3.05) is 13.7 Å². The first-order chi connectivity index (χ1) is 18.3. The molecule has 2 aromatic heterocycles. The molecule has 38 heavy (non-hydrogen) atoms. The van der Waals surface area contributed by atoms with E-state index in [0.717, 1.165) is 16.7 Å². The minimum absolute atomic E-state index is 0.211. The summed E-state index contributed by atoms with van der Waals surface area (Å²) < 4.78 is 18.7. The van der Waals surface area contributed by atoms with Crippen LogP contribution in [0.2, 0.25) is 5.02 Å². The predicted molar refractivity (Wildman–Crippen MR) is 147 cm³/mol. The van der Waals surface area contributed by atoms with E-state index in [9.17, 15) is 9.59 Å². The molecule has 0 spiro atoms. The Hall–Kier alpha value is -3.88. The van der Waals surface area contributed by atoms with Gasteiger partial charge in [0.15, 0.2) is 4.80 Å². The van der Waals surface area contributed by atoms with Crippen LogP contribution in [0.4, 0.5) is 0 Å². The van der Waals surface area contributed by atoms with Gasteiger partial charge in [-0.15, -0.1) is 0 Å². The Morgan fingerprint density at radius 1 is 1.16 bits per heavy atom. The fourth-order valence-corrected chi connectivity index (χ4v) is 5.66. The van der Waals surface area contributed by atoms with Crippen molar-refractivity contribution in [3.8, 4) is 17.1 Å². The monoisotopic (exact) mass is 548 g/mol. The molecule has 7 nitrogen and oxygen atoms in total. The predicted octanol–water partition coefficient (Wildman–Crippen LogP) is 5.03. The smallest absolute Gasteiger partial charge is 0.338 e. The lowest BCUT2D eigenvalue weighted by molar-refractivity contribution is -0.139. The van der Waals surface area contributed by atoms with Crippen LogP contribution < -0.4 is 19.6 Å². The van der Waals surface area contributed by atoms with Crippen LogP contribution in [-0.2, 0) is 9.53 Å². The molecule has 0 amide bonds. The van der Waals surface area contributed by atoms with Gasteiger partial charge in [0, 0.05) is 16.7 Å². The van der Waals surface area contributed by atoms with E-state index in [2.05, 4.69) is 4.99 Å². The molecule has 0 saturated heterocycles. The number of ether oxygens (including phenoxy) is 2. The van der Waals surface area contributed by atoms with E-state index >= 15 is 0 Å².